The highest BCUT2D eigenvalue weighted by Crippen LogP contribution is 2.31. The van der Waals surface area contributed by atoms with E-state index in [0.717, 1.165) is 32.3 Å². The fourth-order valence-corrected chi connectivity index (χ4v) is 3.41. The Hall–Kier alpha value is -2.05. The van der Waals surface area contributed by atoms with Gasteiger partial charge in [-0.15, -0.1) is 10.2 Å². The largest absolute Gasteiger partial charge is 0.289 e. The van der Waals surface area contributed by atoms with Crippen LogP contribution in [-0.4, -0.2) is 14.9 Å². The summed E-state index contributed by atoms with van der Waals surface area (Å²) in [5.74, 6) is 0.809. The van der Waals surface area contributed by atoms with Gasteiger partial charge < -0.3 is 0 Å². The van der Waals surface area contributed by atoms with Gasteiger partial charge in [-0.25, -0.2) is 4.68 Å². The van der Waals surface area contributed by atoms with Crippen LogP contribution in [0.1, 0.15) is 5.56 Å². The van der Waals surface area contributed by atoms with Gasteiger partial charge in [-0.1, -0.05) is 70.2 Å². The summed E-state index contributed by atoms with van der Waals surface area (Å²) in [7, 11) is 0. The third kappa shape index (κ3) is 2.44. The average molecular weight is 371 g/mol. The van der Waals surface area contributed by atoms with Gasteiger partial charge in [0.05, 0.1) is 5.70 Å². The first-order chi connectivity index (χ1) is 10.8. The van der Waals surface area contributed by atoms with Crippen LogP contribution in [0.2, 0.25) is 0 Å². The minimum Gasteiger partial charge on any atom is -0.289 e. The molecule has 0 spiro atoms. The summed E-state index contributed by atoms with van der Waals surface area (Å²) in [5.41, 5.74) is 6.57. The molecular formula is C16H11BrN4S. The summed E-state index contributed by atoms with van der Waals surface area (Å²) in [6, 6.07) is 18.2. The summed E-state index contributed by atoms with van der Waals surface area (Å²) in [6.07, 6.45) is 0. The van der Waals surface area contributed by atoms with Crippen LogP contribution in [0.25, 0.3) is 17.1 Å². The van der Waals surface area contributed by atoms with E-state index in [1.54, 1.807) is 11.8 Å². The molecular weight excluding hydrogens is 360 g/mol. The minimum absolute atomic E-state index is 0.809. The third-order valence-corrected chi connectivity index (χ3v) is 4.64. The van der Waals surface area contributed by atoms with Crippen LogP contribution >= 0.6 is 27.7 Å². The molecule has 0 aliphatic carbocycles. The molecule has 6 heteroatoms. The number of hydrogen-bond donors (Lipinski definition) is 1. The van der Waals surface area contributed by atoms with Gasteiger partial charge in [0.15, 0.2) is 5.82 Å². The molecule has 0 radical (unpaired) electrons. The first kappa shape index (κ1) is 13.6. The van der Waals surface area contributed by atoms with Crippen LogP contribution < -0.4 is 5.43 Å². The van der Waals surface area contributed by atoms with Gasteiger partial charge in [0, 0.05) is 21.0 Å². The molecule has 4 nitrogen and oxygen atoms in total. The zero-order chi connectivity index (χ0) is 14.9. The van der Waals surface area contributed by atoms with E-state index in [2.05, 4.69) is 49.1 Å². The van der Waals surface area contributed by atoms with E-state index in [9.17, 15) is 0 Å². The molecule has 1 aromatic heterocycles. The lowest BCUT2D eigenvalue weighted by atomic mass is 10.2. The van der Waals surface area contributed by atoms with E-state index in [1.807, 2.05) is 47.1 Å². The van der Waals surface area contributed by atoms with Gasteiger partial charge >= 0.3 is 0 Å². The Morgan fingerprint density at radius 3 is 2.59 bits per heavy atom. The highest BCUT2D eigenvalue weighted by atomic mass is 79.9. The summed E-state index contributed by atoms with van der Waals surface area (Å²) >= 11 is 5.07. The molecule has 0 bridgehead atoms. The second-order valence-electron chi connectivity index (χ2n) is 4.78. The Balaban J connectivity index is 1.72. The Bertz CT molecular complexity index is 858. The molecule has 2 aromatic carbocycles. The molecule has 108 valence electrons. The second kappa shape index (κ2) is 5.62. The lowest BCUT2D eigenvalue weighted by molar-refractivity contribution is 0.826. The number of hydrogen-bond acceptors (Lipinski definition) is 4. The van der Waals surface area contributed by atoms with Crippen LogP contribution in [-0.2, 0) is 0 Å². The lowest BCUT2D eigenvalue weighted by Crippen LogP contribution is -2.18. The van der Waals surface area contributed by atoms with Crippen molar-refractivity contribution in [1.82, 2.24) is 14.9 Å². The summed E-state index contributed by atoms with van der Waals surface area (Å²) in [6.45, 7) is 0. The van der Waals surface area contributed by atoms with Crippen LogP contribution in [0.5, 0.6) is 0 Å². The molecule has 0 saturated carbocycles. The number of aromatic nitrogens is 3. The number of halogens is 1. The van der Waals surface area contributed by atoms with Crippen LogP contribution in [0.3, 0.4) is 0 Å². The van der Waals surface area contributed by atoms with E-state index in [1.165, 1.54) is 0 Å². The van der Waals surface area contributed by atoms with Crippen molar-refractivity contribution in [1.29, 1.82) is 0 Å². The molecule has 1 N–H and O–H groups in total. The first-order valence-electron chi connectivity index (χ1n) is 6.72. The van der Waals surface area contributed by atoms with Crippen LogP contribution in [0.15, 0.2) is 69.6 Å². The van der Waals surface area contributed by atoms with E-state index in [4.69, 9.17) is 0 Å². The standard InChI is InChI=1S/C16H11BrN4S/c17-13-8-4-7-12(9-13)14-10-22-16-19-18-15(21(16)20-14)11-5-2-1-3-6-11/h1-10,20H. The van der Waals surface area contributed by atoms with Crippen molar-refractivity contribution in [3.8, 4) is 11.4 Å². The highest BCUT2D eigenvalue weighted by Gasteiger charge is 2.19. The van der Waals surface area contributed by atoms with Gasteiger partial charge in [0.1, 0.15) is 0 Å². The van der Waals surface area contributed by atoms with Crippen molar-refractivity contribution < 1.29 is 0 Å². The highest BCUT2D eigenvalue weighted by molar-refractivity contribution is 9.10. The van der Waals surface area contributed by atoms with E-state index in [0.29, 0.717) is 0 Å². The molecule has 4 rings (SSSR count). The van der Waals surface area contributed by atoms with Crippen molar-refractivity contribution >= 4 is 33.4 Å². The van der Waals surface area contributed by atoms with Crippen molar-refractivity contribution in [3.63, 3.8) is 0 Å². The Morgan fingerprint density at radius 1 is 0.955 bits per heavy atom. The van der Waals surface area contributed by atoms with Crippen molar-refractivity contribution in [2.24, 2.45) is 0 Å². The number of fused-ring (bicyclic) bond motifs is 1. The van der Waals surface area contributed by atoms with Gasteiger partial charge in [0.2, 0.25) is 5.16 Å². The summed E-state index contributed by atoms with van der Waals surface area (Å²) < 4.78 is 2.98. The Labute approximate surface area is 140 Å². The predicted octanol–water partition coefficient (Wildman–Crippen LogP) is 4.36. The number of nitrogens with zero attached hydrogens (tertiary/aromatic N) is 3. The molecule has 2 heterocycles. The monoisotopic (exact) mass is 370 g/mol. The predicted molar refractivity (Wildman–Crippen MR) is 92.8 cm³/mol. The maximum Gasteiger partial charge on any atom is 0.214 e. The van der Waals surface area contributed by atoms with Crippen LogP contribution in [0.4, 0.5) is 0 Å². The second-order valence-corrected chi connectivity index (χ2v) is 6.53. The van der Waals surface area contributed by atoms with Gasteiger partial charge in [-0.2, -0.15) is 0 Å². The summed E-state index contributed by atoms with van der Waals surface area (Å²) in [5, 5.41) is 11.4. The van der Waals surface area contributed by atoms with Gasteiger partial charge in [-0.3, -0.25) is 5.43 Å². The molecule has 1 aliphatic rings. The fraction of sp³-hybridized carbons (Fsp3) is 0. The number of rotatable bonds is 2. The summed E-state index contributed by atoms with van der Waals surface area (Å²) in [4.78, 5) is 0. The van der Waals surface area contributed by atoms with E-state index in [-0.39, 0.29) is 0 Å². The van der Waals surface area contributed by atoms with Gasteiger partial charge in [0.25, 0.3) is 0 Å². The third-order valence-electron chi connectivity index (χ3n) is 3.32. The lowest BCUT2D eigenvalue weighted by Gasteiger charge is -2.19. The van der Waals surface area contributed by atoms with Crippen molar-refractivity contribution in [2.45, 2.75) is 5.16 Å². The Kier molecular flexibility index (Phi) is 3.48. The van der Waals surface area contributed by atoms with Gasteiger partial charge in [-0.05, 0) is 12.1 Å². The number of thioether (sulfide) groups is 1. The smallest absolute Gasteiger partial charge is 0.214 e. The molecule has 0 unspecified atom stereocenters. The van der Waals surface area contributed by atoms with Crippen molar-refractivity contribution in [3.05, 3.63) is 70.0 Å². The Morgan fingerprint density at radius 2 is 1.77 bits per heavy atom. The van der Waals surface area contributed by atoms with Crippen molar-refractivity contribution in [2.75, 3.05) is 5.43 Å². The molecule has 0 fully saturated rings. The first-order valence-corrected chi connectivity index (χ1v) is 8.39. The zero-order valence-corrected chi connectivity index (χ0v) is 13.8. The van der Waals surface area contributed by atoms with Crippen LogP contribution in [0, 0.1) is 0 Å². The normalized spacial score (nSPS) is 13.2. The molecule has 0 saturated heterocycles. The average Bonchev–Trinajstić information content (AvgIpc) is 2.99. The van der Waals surface area contributed by atoms with E-state index >= 15 is 0 Å². The molecule has 22 heavy (non-hydrogen) atoms. The zero-order valence-electron chi connectivity index (χ0n) is 11.4. The number of nitrogens with one attached hydrogen (secondary N) is 1. The SMILES string of the molecule is Brc1cccc(C2=CSc3nnc(-c4ccccc4)n3N2)c1. The molecule has 0 amide bonds. The van der Waals surface area contributed by atoms with E-state index < -0.39 is 0 Å². The topological polar surface area (TPSA) is 42.7 Å². The fourth-order valence-electron chi connectivity index (χ4n) is 2.27. The molecule has 3 aromatic rings. The minimum atomic E-state index is 0.809. The maximum absolute atomic E-state index is 4.30. The maximum atomic E-state index is 4.30. The molecule has 0 atom stereocenters. The molecule has 1 aliphatic heterocycles. The number of benzene rings is 2. The quantitative estimate of drug-likeness (QED) is 0.727.